The van der Waals surface area contributed by atoms with Crippen LogP contribution in [0.4, 0.5) is 13.2 Å². The summed E-state index contributed by atoms with van der Waals surface area (Å²) in [5.41, 5.74) is -0.0390. The van der Waals surface area contributed by atoms with Crippen molar-refractivity contribution in [3.8, 4) is 0 Å². The molecule has 66 valence electrons. The van der Waals surface area contributed by atoms with E-state index in [4.69, 9.17) is 0 Å². The standard InChI is InChI=1S/C7H5F3IN/c1-3-5(11)4(6(8)9)2-12-7(3)10/h2,6H,1H3. The molecule has 0 unspecified atom stereocenters. The van der Waals surface area contributed by atoms with Gasteiger partial charge in [-0.05, 0) is 29.5 Å². The van der Waals surface area contributed by atoms with Gasteiger partial charge in [-0.25, -0.2) is 13.8 Å². The minimum absolute atomic E-state index is 0.174. The van der Waals surface area contributed by atoms with Crippen molar-refractivity contribution in [3.05, 3.63) is 26.8 Å². The van der Waals surface area contributed by atoms with Crippen LogP contribution in [0.3, 0.4) is 0 Å². The van der Waals surface area contributed by atoms with Crippen LogP contribution in [0.1, 0.15) is 17.6 Å². The first-order valence-corrected chi connectivity index (χ1v) is 4.20. The molecule has 0 spiro atoms. The summed E-state index contributed by atoms with van der Waals surface area (Å²) in [6, 6.07) is 0. The molecule has 0 fully saturated rings. The minimum atomic E-state index is -2.59. The maximum Gasteiger partial charge on any atom is 0.266 e. The van der Waals surface area contributed by atoms with Crippen molar-refractivity contribution in [1.29, 1.82) is 0 Å². The molecule has 0 aliphatic rings. The van der Waals surface area contributed by atoms with Crippen molar-refractivity contribution >= 4 is 22.6 Å². The molecule has 1 heterocycles. The van der Waals surface area contributed by atoms with Crippen molar-refractivity contribution < 1.29 is 13.2 Å². The van der Waals surface area contributed by atoms with Gasteiger partial charge in [0.2, 0.25) is 5.95 Å². The maximum absolute atomic E-state index is 12.7. The Bertz CT molecular complexity index is 301. The smallest absolute Gasteiger partial charge is 0.228 e. The molecule has 1 nitrogen and oxygen atoms in total. The van der Waals surface area contributed by atoms with Crippen LogP contribution in [0.5, 0.6) is 0 Å². The Morgan fingerprint density at radius 2 is 2.08 bits per heavy atom. The molecule has 12 heavy (non-hydrogen) atoms. The van der Waals surface area contributed by atoms with E-state index in [0.29, 0.717) is 0 Å². The quantitative estimate of drug-likeness (QED) is 0.571. The zero-order chi connectivity index (χ0) is 9.30. The fraction of sp³-hybridized carbons (Fsp3) is 0.286. The minimum Gasteiger partial charge on any atom is -0.228 e. The van der Waals surface area contributed by atoms with E-state index >= 15 is 0 Å². The highest BCUT2D eigenvalue weighted by atomic mass is 127. The normalized spacial score (nSPS) is 10.8. The van der Waals surface area contributed by atoms with Gasteiger partial charge < -0.3 is 0 Å². The summed E-state index contributed by atoms with van der Waals surface area (Å²) in [5, 5.41) is 0. The summed E-state index contributed by atoms with van der Waals surface area (Å²) >= 11 is 1.69. The third-order valence-corrected chi connectivity index (χ3v) is 2.88. The van der Waals surface area contributed by atoms with E-state index in [1.807, 2.05) is 0 Å². The van der Waals surface area contributed by atoms with E-state index in [2.05, 4.69) is 4.98 Å². The lowest BCUT2D eigenvalue weighted by molar-refractivity contribution is 0.149. The molecule has 0 saturated carbocycles. The number of halogens is 4. The van der Waals surface area contributed by atoms with Crippen LogP contribution in [0.2, 0.25) is 0 Å². The van der Waals surface area contributed by atoms with E-state index in [1.165, 1.54) is 6.92 Å². The van der Waals surface area contributed by atoms with Crippen LogP contribution >= 0.6 is 22.6 Å². The highest BCUT2D eigenvalue weighted by Crippen LogP contribution is 2.26. The molecule has 0 aliphatic carbocycles. The molecule has 1 aromatic rings. The highest BCUT2D eigenvalue weighted by molar-refractivity contribution is 14.1. The Hall–Kier alpha value is -0.330. The van der Waals surface area contributed by atoms with Crippen LogP contribution in [-0.2, 0) is 0 Å². The van der Waals surface area contributed by atoms with Crippen LogP contribution < -0.4 is 0 Å². The predicted molar refractivity (Wildman–Crippen MR) is 46.6 cm³/mol. The van der Waals surface area contributed by atoms with Gasteiger partial charge in [-0.15, -0.1) is 0 Å². The molecule has 0 bridgehead atoms. The fourth-order valence-corrected chi connectivity index (χ4v) is 1.34. The van der Waals surface area contributed by atoms with Gasteiger partial charge in [-0.1, -0.05) is 0 Å². The zero-order valence-corrected chi connectivity index (χ0v) is 8.27. The second-order valence-electron chi connectivity index (χ2n) is 2.24. The predicted octanol–water partition coefficient (Wildman–Crippen LogP) is 3.07. The molecule has 0 aliphatic heterocycles. The van der Waals surface area contributed by atoms with Crippen molar-refractivity contribution in [1.82, 2.24) is 4.98 Å². The summed E-state index contributed by atoms with van der Waals surface area (Å²) in [5.74, 6) is -0.691. The number of pyridine rings is 1. The average Bonchev–Trinajstić information content (AvgIpc) is 2.00. The van der Waals surface area contributed by atoms with Gasteiger partial charge in [0.25, 0.3) is 6.43 Å². The lowest BCUT2D eigenvalue weighted by Crippen LogP contribution is -1.98. The molecular weight excluding hydrogens is 282 g/mol. The monoisotopic (exact) mass is 287 g/mol. The Morgan fingerprint density at radius 3 is 2.58 bits per heavy atom. The fourth-order valence-electron chi connectivity index (χ4n) is 0.739. The molecule has 0 radical (unpaired) electrons. The van der Waals surface area contributed by atoms with Gasteiger partial charge in [0.1, 0.15) is 0 Å². The van der Waals surface area contributed by atoms with E-state index in [9.17, 15) is 13.2 Å². The van der Waals surface area contributed by atoms with Crippen molar-refractivity contribution in [2.75, 3.05) is 0 Å². The zero-order valence-electron chi connectivity index (χ0n) is 6.11. The SMILES string of the molecule is Cc1c(F)ncc(C(F)F)c1I. The molecule has 0 aromatic carbocycles. The van der Waals surface area contributed by atoms with Crippen LogP contribution in [-0.4, -0.2) is 4.98 Å². The summed E-state index contributed by atoms with van der Waals surface area (Å²) < 4.78 is 37.3. The molecule has 0 amide bonds. The van der Waals surface area contributed by atoms with Crippen LogP contribution in [0.15, 0.2) is 6.20 Å². The van der Waals surface area contributed by atoms with Gasteiger partial charge >= 0.3 is 0 Å². The number of hydrogen-bond donors (Lipinski definition) is 0. The Morgan fingerprint density at radius 1 is 1.50 bits per heavy atom. The molecule has 1 aromatic heterocycles. The Labute approximate surface area is 81.1 Å². The molecule has 5 heteroatoms. The summed E-state index contributed by atoms with van der Waals surface area (Å²) in [4.78, 5) is 3.21. The number of alkyl halides is 2. The van der Waals surface area contributed by atoms with Gasteiger partial charge in [0.15, 0.2) is 0 Å². The second-order valence-corrected chi connectivity index (χ2v) is 3.32. The molecular formula is C7H5F3IN. The lowest BCUT2D eigenvalue weighted by Gasteiger charge is -2.05. The first kappa shape index (κ1) is 9.76. The number of rotatable bonds is 1. The van der Waals surface area contributed by atoms with Crippen molar-refractivity contribution in [2.24, 2.45) is 0 Å². The second kappa shape index (κ2) is 3.59. The third kappa shape index (κ3) is 1.70. The van der Waals surface area contributed by atoms with E-state index in [0.717, 1.165) is 6.20 Å². The third-order valence-electron chi connectivity index (χ3n) is 1.44. The van der Waals surface area contributed by atoms with Crippen molar-refractivity contribution in [3.63, 3.8) is 0 Å². The van der Waals surface area contributed by atoms with Gasteiger partial charge in [-0.2, -0.15) is 4.39 Å². The molecule has 1 rings (SSSR count). The van der Waals surface area contributed by atoms with Gasteiger partial charge in [0, 0.05) is 20.9 Å². The lowest BCUT2D eigenvalue weighted by atomic mass is 10.2. The van der Waals surface area contributed by atoms with E-state index in [1.54, 1.807) is 22.6 Å². The summed E-state index contributed by atoms with van der Waals surface area (Å²) in [6.07, 6.45) is -1.72. The topological polar surface area (TPSA) is 12.9 Å². The van der Waals surface area contributed by atoms with Crippen LogP contribution in [0.25, 0.3) is 0 Å². The maximum atomic E-state index is 12.7. The van der Waals surface area contributed by atoms with Crippen molar-refractivity contribution in [2.45, 2.75) is 13.3 Å². The highest BCUT2D eigenvalue weighted by Gasteiger charge is 2.15. The Balaban J connectivity index is 3.27. The van der Waals surface area contributed by atoms with E-state index < -0.39 is 12.4 Å². The number of hydrogen-bond acceptors (Lipinski definition) is 1. The molecule has 0 saturated heterocycles. The average molecular weight is 287 g/mol. The Kier molecular flexibility index (Phi) is 2.92. The first-order chi connectivity index (χ1) is 5.54. The summed E-state index contributed by atoms with van der Waals surface area (Å²) in [7, 11) is 0. The molecule has 0 atom stereocenters. The van der Waals surface area contributed by atoms with Crippen LogP contribution in [0, 0.1) is 16.4 Å². The first-order valence-electron chi connectivity index (χ1n) is 3.12. The number of aromatic nitrogens is 1. The van der Waals surface area contributed by atoms with Gasteiger partial charge in [-0.3, -0.25) is 0 Å². The largest absolute Gasteiger partial charge is 0.266 e. The van der Waals surface area contributed by atoms with Gasteiger partial charge in [0.05, 0.1) is 0 Å². The number of nitrogens with zero attached hydrogens (tertiary/aromatic N) is 1. The summed E-state index contributed by atoms with van der Waals surface area (Å²) in [6.45, 7) is 1.43. The molecule has 0 N–H and O–H groups in total. The van der Waals surface area contributed by atoms with E-state index in [-0.39, 0.29) is 14.7 Å².